The first-order valence-electron chi connectivity index (χ1n) is 8.80. The Bertz CT molecular complexity index is 648. The van der Waals surface area contributed by atoms with Crippen LogP contribution >= 0.6 is 0 Å². The zero-order valence-corrected chi connectivity index (χ0v) is 13.4. The van der Waals surface area contributed by atoms with Gasteiger partial charge in [-0.25, -0.2) is 9.78 Å². The van der Waals surface area contributed by atoms with Crippen LogP contribution in [0.2, 0.25) is 0 Å². The lowest BCUT2D eigenvalue weighted by Crippen LogP contribution is -2.47. The van der Waals surface area contributed by atoms with Crippen molar-refractivity contribution in [1.29, 1.82) is 0 Å². The summed E-state index contributed by atoms with van der Waals surface area (Å²) in [5.74, 6) is 1.50. The predicted molar refractivity (Wildman–Crippen MR) is 90.4 cm³/mol. The molecule has 2 N–H and O–H groups in total. The highest BCUT2D eigenvalue weighted by Crippen LogP contribution is 2.28. The number of carbonyl (C=O) groups excluding carboxylic acids is 1. The number of carbonyl (C=O) groups is 1. The number of para-hydroxylation sites is 2. The number of piperidine rings is 1. The van der Waals surface area contributed by atoms with Crippen LogP contribution in [0.4, 0.5) is 4.79 Å². The largest absolute Gasteiger partial charge is 0.342 e. The molecule has 0 unspecified atom stereocenters. The predicted octanol–water partition coefficient (Wildman–Crippen LogP) is 3.39. The quantitative estimate of drug-likeness (QED) is 0.893. The first-order chi connectivity index (χ1) is 11.3. The second kappa shape index (κ2) is 6.22. The van der Waals surface area contributed by atoms with Crippen LogP contribution in [0.5, 0.6) is 0 Å². The molecule has 1 saturated heterocycles. The van der Waals surface area contributed by atoms with Gasteiger partial charge in [-0.3, -0.25) is 0 Å². The van der Waals surface area contributed by atoms with Crippen LogP contribution in [0.25, 0.3) is 11.0 Å². The van der Waals surface area contributed by atoms with Crippen molar-refractivity contribution >= 4 is 17.1 Å². The monoisotopic (exact) mass is 312 g/mol. The van der Waals surface area contributed by atoms with Crippen molar-refractivity contribution in [3.05, 3.63) is 30.1 Å². The Labute approximate surface area is 136 Å². The van der Waals surface area contributed by atoms with Crippen LogP contribution in [0.1, 0.15) is 50.3 Å². The molecule has 2 aliphatic rings. The molecule has 1 aromatic heterocycles. The molecule has 4 rings (SSSR count). The molecule has 5 nitrogen and oxygen atoms in total. The smallest absolute Gasteiger partial charge is 0.317 e. The van der Waals surface area contributed by atoms with Crippen LogP contribution in [0.15, 0.2) is 24.3 Å². The number of urea groups is 1. The van der Waals surface area contributed by atoms with E-state index >= 15 is 0 Å². The number of likely N-dealkylation sites (tertiary alicyclic amines) is 1. The number of rotatable bonds is 2. The Hall–Kier alpha value is -2.04. The van der Waals surface area contributed by atoms with E-state index in [9.17, 15) is 4.79 Å². The Morgan fingerprint density at radius 2 is 1.87 bits per heavy atom. The number of nitrogens with zero attached hydrogens (tertiary/aromatic N) is 2. The summed E-state index contributed by atoms with van der Waals surface area (Å²) < 4.78 is 0. The van der Waals surface area contributed by atoms with E-state index in [4.69, 9.17) is 4.98 Å². The second-order valence-corrected chi connectivity index (χ2v) is 6.83. The summed E-state index contributed by atoms with van der Waals surface area (Å²) in [6, 6.07) is 8.68. The van der Waals surface area contributed by atoms with Crippen molar-refractivity contribution in [1.82, 2.24) is 20.2 Å². The van der Waals surface area contributed by atoms with E-state index in [-0.39, 0.29) is 6.03 Å². The number of imidazole rings is 1. The third-order valence-electron chi connectivity index (χ3n) is 5.26. The third kappa shape index (κ3) is 3.05. The van der Waals surface area contributed by atoms with E-state index in [1.54, 1.807) is 0 Å². The number of H-pyrrole nitrogens is 1. The molecular weight excluding hydrogens is 288 g/mol. The molecule has 1 aliphatic carbocycles. The Morgan fingerprint density at radius 3 is 2.61 bits per heavy atom. The fourth-order valence-electron chi connectivity index (χ4n) is 3.86. The number of amides is 2. The molecule has 1 aliphatic heterocycles. The highest BCUT2D eigenvalue weighted by atomic mass is 16.2. The molecule has 1 aromatic carbocycles. The summed E-state index contributed by atoms with van der Waals surface area (Å²) >= 11 is 0. The number of hydrogen-bond donors (Lipinski definition) is 2. The van der Waals surface area contributed by atoms with Crippen molar-refractivity contribution in [2.75, 3.05) is 13.1 Å². The van der Waals surface area contributed by atoms with Crippen LogP contribution in [-0.2, 0) is 0 Å². The van der Waals surface area contributed by atoms with Gasteiger partial charge in [-0.1, -0.05) is 25.0 Å². The minimum atomic E-state index is 0.125. The van der Waals surface area contributed by atoms with Crippen LogP contribution < -0.4 is 5.32 Å². The SMILES string of the molecule is O=C(NC1CCCC1)N1CCC(c2nc3ccccc3[nH]2)CC1. The molecule has 5 heteroatoms. The van der Waals surface area contributed by atoms with Crippen molar-refractivity contribution in [2.45, 2.75) is 50.5 Å². The van der Waals surface area contributed by atoms with Gasteiger partial charge in [0.15, 0.2) is 0 Å². The standard InChI is InChI=1S/C18H24N4O/c23-18(19-14-5-1-2-6-14)22-11-9-13(10-12-22)17-20-15-7-3-4-8-16(15)21-17/h3-4,7-8,13-14H,1-2,5-6,9-12H2,(H,19,23)(H,20,21). The molecule has 0 atom stereocenters. The van der Waals surface area contributed by atoms with Crippen molar-refractivity contribution in [2.24, 2.45) is 0 Å². The maximum atomic E-state index is 12.3. The normalized spacial score (nSPS) is 20.3. The average Bonchev–Trinajstić information content (AvgIpc) is 3.24. The fourth-order valence-corrected chi connectivity index (χ4v) is 3.86. The van der Waals surface area contributed by atoms with Gasteiger partial charge in [0.1, 0.15) is 5.82 Å². The Balaban J connectivity index is 1.35. The van der Waals surface area contributed by atoms with Crippen molar-refractivity contribution < 1.29 is 4.79 Å². The van der Waals surface area contributed by atoms with Crippen LogP contribution in [0.3, 0.4) is 0 Å². The zero-order chi connectivity index (χ0) is 15.6. The molecule has 2 heterocycles. The van der Waals surface area contributed by atoms with Gasteiger partial charge in [0.2, 0.25) is 0 Å². The maximum Gasteiger partial charge on any atom is 0.317 e. The summed E-state index contributed by atoms with van der Waals surface area (Å²) in [6.07, 6.45) is 6.75. The van der Waals surface area contributed by atoms with Gasteiger partial charge in [0, 0.05) is 25.0 Å². The van der Waals surface area contributed by atoms with Gasteiger partial charge >= 0.3 is 6.03 Å². The van der Waals surface area contributed by atoms with Crippen LogP contribution in [0, 0.1) is 0 Å². The zero-order valence-electron chi connectivity index (χ0n) is 13.4. The lowest BCUT2D eigenvalue weighted by molar-refractivity contribution is 0.177. The molecule has 0 spiro atoms. The van der Waals surface area contributed by atoms with E-state index in [1.165, 1.54) is 12.8 Å². The average molecular weight is 312 g/mol. The van der Waals surface area contributed by atoms with E-state index in [1.807, 2.05) is 23.1 Å². The van der Waals surface area contributed by atoms with Gasteiger partial charge in [-0.15, -0.1) is 0 Å². The number of aromatic amines is 1. The molecule has 0 bridgehead atoms. The highest BCUT2D eigenvalue weighted by Gasteiger charge is 2.27. The lowest BCUT2D eigenvalue weighted by Gasteiger charge is -2.32. The topological polar surface area (TPSA) is 61.0 Å². The second-order valence-electron chi connectivity index (χ2n) is 6.83. The minimum Gasteiger partial charge on any atom is -0.342 e. The van der Waals surface area contributed by atoms with Gasteiger partial charge in [0.25, 0.3) is 0 Å². The number of benzene rings is 1. The van der Waals surface area contributed by atoms with E-state index in [2.05, 4.69) is 16.4 Å². The van der Waals surface area contributed by atoms with Crippen molar-refractivity contribution in [3.8, 4) is 0 Å². The highest BCUT2D eigenvalue weighted by molar-refractivity contribution is 5.75. The summed E-state index contributed by atoms with van der Waals surface area (Å²) in [5, 5.41) is 3.19. The molecular formula is C18H24N4O. The number of nitrogens with one attached hydrogen (secondary N) is 2. The number of fused-ring (bicyclic) bond motifs is 1. The number of aromatic nitrogens is 2. The molecule has 2 aromatic rings. The first-order valence-corrected chi connectivity index (χ1v) is 8.80. The van der Waals surface area contributed by atoms with E-state index in [0.29, 0.717) is 12.0 Å². The molecule has 2 fully saturated rings. The first kappa shape index (κ1) is 14.5. The van der Waals surface area contributed by atoms with Gasteiger partial charge in [-0.05, 0) is 37.8 Å². The Morgan fingerprint density at radius 1 is 1.13 bits per heavy atom. The fraction of sp³-hybridized carbons (Fsp3) is 0.556. The molecule has 23 heavy (non-hydrogen) atoms. The molecule has 1 saturated carbocycles. The van der Waals surface area contributed by atoms with Gasteiger partial charge < -0.3 is 15.2 Å². The summed E-state index contributed by atoms with van der Waals surface area (Å²) in [6.45, 7) is 1.64. The molecule has 0 radical (unpaired) electrons. The maximum absolute atomic E-state index is 12.3. The molecule has 122 valence electrons. The summed E-state index contributed by atoms with van der Waals surface area (Å²) in [4.78, 5) is 22.5. The van der Waals surface area contributed by atoms with E-state index in [0.717, 1.165) is 55.6 Å². The van der Waals surface area contributed by atoms with Crippen LogP contribution in [-0.4, -0.2) is 40.0 Å². The minimum absolute atomic E-state index is 0.125. The molecule has 2 amide bonds. The summed E-state index contributed by atoms with van der Waals surface area (Å²) in [5.41, 5.74) is 2.13. The van der Waals surface area contributed by atoms with Gasteiger partial charge in [0.05, 0.1) is 11.0 Å². The Kier molecular flexibility index (Phi) is 3.93. The van der Waals surface area contributed by atoms with Gasteiger partial charge in [-0.2, -0.15) is 0 Å². The third-order valence-corrected chi connectivity index (χ3v) is 5.26. The lowest BCUT2D eigenvalue weighted by atomic mass is 9.96. The summed E-state index contributed by atoms with van der Waals surface area (Å²) in [7, 11) is 0. The van der Waals surface area contributed by atoms with E-state index < -0.39 is 0 Å². The number of hydrogen-bond acceptors (Lipinski definition) is 2. The van der Waals surface area contributed by atoms with Crippen molar-refractivity contribution in [3.63, 3.8) is 0 Å².